The van der Waals surface area contributed by atoms with Crippen LogP contribution in [0.2, 0.25) is 0 Å². The molecule has 0 spiro atoms. The van der Waals surface area contributed by atoms with Gasteiger partial charge in [-0.25, -0.2) is 4.39 Å². The van der Waals surface area contributed by atoms with Crippen LogP contribution in [0.1, 0.15) is 69.6 Å². The normalized spacial score (nSPS) is 14.9. The molecule has 1 saturated carbocycles. The molecule has 1 amide bonds. The summed E-state index contributed by atoms with van der Waals surface area (Å²) in [4.78, 5) is 12.5. The summed E-state index contributed by atoms with van der Waals surface area (Å²) in [7, 11) is 0. The molecule has 1 aliphatic rings. The summed E-state index contributed by atoms with van der Waals surface area (Å²) in [6, 6.07) is 10.0. The fraction of sp³-hybridized carbons (Fsp3) is 0.444. The first-order valence-electron chi connectivity index (χ1n) is 11.5. The van der Waals surface area contributed by atoms with Crippen molar-refractivity contribution in [2.24, 2.45) is 0 Å². The molecule has 0 bridgehead atoms. The standard InChI is InChI=1S/C27H35FN2O/c1-6-20(15-27(31)30-21-9-7-8-10-21)24-13-19(5)25(14-18(24)4)23-12-11-22(16-26(23)28)29-17(2)3/h11-17,21,29H,6-10H2,1-5H3,(H,30,31)/b20-15+. The highest BCUT2D eigenvalue weighted by Gasteiger charge is 2.17. The fourth-order valence-electron chi connectivity index (χ4n) is 4.45. The molecule has 0 aliphatic heterocycles. The van der Waals surface area contributed by atoms with Crippen LogP contribution < -0.4 is 10.6 Å². The number of benzene rings is 2. The van der Waals surface area contributed by atoms with Crippen molar-refractivity contribution in [1.29, 1.82) is 0 Å². The van der Waals surface area contributed by atoms with E-state index in [2.05, 4.69) is 23.6 Å². The molecular weight excluding hydrogens is 387 g/mol. The van der Waals surface area contributed by atoms with Crippen LogP contribution in [0.5, 0.6) is 0 Å². The molecule has 2 aromatic carbocycles. The number of carbonyl (C=O) groups is 1. The number of carbonyl (C=O) groups excluding carboxylic acids is 1. The predicted molar refractivity (Wildman–Crippen MR) is 129 cm³/mol. The Morgan fingerprint density at radius 3 is 2.42 bits per heavy atom. The Balaban J connectivity index is 1.88. The van der Waals surface area contributed by atoms with Gasteiger partial charge in [0, 0.05) is 29.4 Å². The molecule has 1 fully saturated rings. The number of anilines is 1. The second-order valence-corrected chi connectivity index (χ2v) is 8.99. The molecule has 0 atom stereocenters. The molecule has 31 heavy (non-hydrogen) atoms. The Hall–Kier alpha value is -2.62. The first-order valence-corrected chi connectivity index (χ1v) is 11.5. The van der Waals surface area contributed by atoms with Gasteiger partial charge in [-0.3, -0.25) is 4.79 Å². The van der Waals surface area contributed by atoms with Gasteiger partial charge in [0.25, 0.3) is 0 Å². The summed E-state index contributed by atoms with van der Waals surface area (Å²) in [6.07, 6.45) is 7.05. The van der Waals surface area contributed by atoms with Crippen molar-refractivity contribution in [3.8, 4) is 11.1 Å². The molecule has 3 nitrogen and oxygen atoms in total. The lowest BCUT2D eigenvalue weighted by atomic mass is 9.90. The zero-order valence-corrected chi connectivity index (χ0v) is 19.4. The molecule has 2 N–H and O–H groups in total. The van der Waals surface area contributed by atoms with Crippen molar-refractivity contribution < 1.29 is 9.18 Å². The third kappa shape index (κ3) is 5.75. The zero-order valence-electron chi connectivity index (χ0n) is 19.4. The van der Waals surface area contributed by atoms with E-state index in [1.807, 2.05) is 45.9 Å². The van der Waals surface area contributed by atoms with Crippen LogP contribution in [0.4, 0.5) is 10.1 Å². The van der Waals surface area contributed by atoms with Crippen molar-refractivity contribution in [2.75, 3.05) is 5.32 Å². The molecule has 0 unspecified atom stereocenters. The molecule has 3 rings (SSSR count). The maximum absolute atomic E-state index is 14.9. The lowest BCUT2D eigenvalue weighted by Crippen LogP contribution is -2.31. The largest absolute Gasteiger partial charge is 0.383 e. The summed E-state index contributed by atoms with van der Waals surface area (Å²) in [5.74, 6) is -0.243. The van der Waals surface area contributed by atoms with Crippen LogP contribution >= 0.6 is 0 Å². The monoisotopic (exact) mass is 422 g/mol. The highest BCUT2D eigenvalue weighted by Crippen LogP contribution is 2.33. The minimum absolute atomic E-state index is 0.0100. The van der Waals surface area contributed by atoms with Gasteiger partial charge in [0.05, 0.1) is 0 Å². The number of nitrogens with one attached hydrogen (secondary N) is 2. The molecule has 0 saturated heterocycles. The first-order chi connectivity index (χ1) is 14.8. The van der Waals surface area contributed by atoms with Crippen molar-refractivity contribution in [3.63, 3.8) is 0 Å². The second-order valence-electron chi connectivity index (χ2n) is 8.99. The molecular formula is C27H35FN2O. The third-order valence-corrected chi connectivity index (χ3v) is 6.02. The average molecular weight is 423 g/mol. The van der Waals surface area contributed by atoms with E-state index < -0.39 is 0 Å². The van der Waals surface area contributed by atoms with Crippen molar-refractivity contribution in [1.82, 2.24) is 5.32 Å². The van der Waals surface area contributed by atoms with E-state index in [-0.39, 0.29) is 17.8 Å². The van der Waals surface area contributed by atoms with Gasteiger partial charge in [0.15, 0.2) is 0 Å². The zero-order chi connectivity index (χ0) is 22.5. The average Bonchev–Trinajstić information content (AvgIpc) is 3.20. The van der Waals surface area contributed by atoms with Gasteiger partial charge in [0.1, 0.15) is 5.82 Å². The maximum Gasteiger partial charge on any atom is 0.244 e. The predicted octanol–water partition coefficient (Wildman–Crippen LogP) is 6.78. The molecule has 166 valence electrons. The molecule has 0 heterocycles. The number of rotatable bonds is 7. The van der Waals surface area contributed by atoms with Gasteiger partial charge in [-0.1, -0.05) is 31.9 Å². The van der Waals surface area contributed by atoms with Crippen molar-refractivity contribution >= 4 is 17.2 Å². The van der Waals surface area contributed by atoms with Gasteiger partial charge in [0.2, 0.25) is 5.91 Å². The lowest BCUT2D eigenvalue weighted by Gasteiger charge is -2.17. The van der Waals surface area contributed by atoms with Crippen LogP contribution in [-0.2, 0) is 4.79 Å². The van der Waals surface area contributed by atoms with Gasteiger partial charge >= 0.3 is 0 Å². The molecule has 0 aromatic heterocycles. The number of allylic oxidation sites excluding steroid dienone is 1. The lowest BCUT2D eigenvalue weighted by molar-refractivity contribution is -0.117. The van der Waals surface area contributed by atoms with Crippen LogP contribution in [0.3, 0.4) is 0 Å². The SMILES string of the molecule is CC/C(=C\C(=O)NC1CCCC1)c1cc(C)c(-c2ccc(NC(C)C)cc2F)cc1C. The minimum atomic E-state index is -0.233. The van der Waals surface area contributed by atoms with E-state index in [0.29, 0.717) is 11.6 Å². The van der Waals surface area contributed by atoms with Crippen molar-refractivity contribution in [3.05, 3.63) is 58.9 Å². The van der Waals surface area contributed by atoms with Crippen LogP contribution in [0, 0.1) is 19.7 Å². The molecule has 2 aromatic rings. The number of halogens is 1. The Morgan fingerprint density at radius 2 is 1.81 bits per heavy atom. The summed E-state index contributed by atoms with van der Waals surface area (Å²) in [6.45, 7) is 10.2. The van der Waals surface area contributed by atoms with E-state index >= 15 is 0 Å². The first kappa shape index (κ1) is 23.1. The van der Waals surface area contributed by atoms with Crippen LogP contribution in [0.25, 0.3) is 16.7 Å². The number of hydrogen-bond donors (Lipinski definition) is 2. The third-order valence-electron chi connectivity index (χ3n) is 6.02. The van der Waals surface area contributed by atoms with E-state index in [1.165, 1.54) is 12.8 Å². The highest BCUT2D eigenvalue weighted by atomic mass is 19.1. The molecule has 0 radical (unpaired) electrons. The molecule has 1 aliphatic carbocycles. The fourth-order valence-corrected chi connectivity index (χ4v) is 4.45. The van der Waals surface area contributed by atoms with Gasteiger partial charge < -0.3 is 10.6 Å². The Labute approximate surface area is 186 Å². The Morgan fingerprint density at radius 1 is 1.10 bits per heavy atom. The Bertz CT molecular complexity index is 971. The summed E-state index contributed by atoms with van der Waals surface area (Å²) in [5, 5.41) is 6.38. The Kier molecular flexibility index (Phi) is 7.53. The van der Waals surface area contributed by atoms with Gasteiger partial charge in [-0.05, 0) is 93.0 Å². The van der Waals surface area contributed by atoms with Crippen molar-refractivity contribution in [2.45, 2.75) is 78.8 Å². The topological polar surface area (TPSA) is 41.1 Å². The number of amides is 1. The molecule has 4 heteroatoms. The second kappa shape index (κ2) is 10.1. The summed E-state index contributed by atoms with van der Waals surface area (Å²) in [5.41, 5.74) is 6.39. The van der Waals surface area contributed by atoms with E-state index in [1.54, 1.807) is 12.1 Å². The number of aryl methyl sites for hydroxylation is 2. The van der Waals surface area contributed by atoms with E-state index in [9.17, 15) is 9.18 Å². The number of hydrogen-bond acceptors (Lipinski definition) is 2. The minimum Gasteiger partial charge on any atom is -0.383 e. The summed E-state index contributed by atoms with van der Waals surface area (Å²) >= 11 is 0. The summed E-state index contributed by atoms with van der Waals surface area (Å²) < 4.78 is 14.9. The quantitative estimate of drug-likeness (QED) is 0.483. The van der Waals surface area contributed by atoms with Crippen LogP contribution in [-0.4, -0.2) is 18.0 Å². The van der Waals surface area contributed by atoms with E-state index in [4.69, 9.17) is 0 Å². The van der Waals surface area contributed by atoms with E-state index in [0.717, 1.165) is 52.8 Å². The van der Waals surface area contributed by atoms with Gasteiger partial charge in [-0.2, -0.15) is 0 Å². The highest BCUT2D eigenvalue weighted by molar-refractivity contribution is 5.96. The maximum atomic E-state index is 14.9. The van der Waals surface area contributed by atoms with Crippen LogP contribution in [0.15, 0.2) is 36.4 Å². The smallest absolute Gasteiger partial charge is 0.244 e. The van der Waals surface area contributed by atoms with Gasteiger partial charge in [-0.15, -0.1) is 0 Å².